The van der Waals surface area contributed by atoms with Gasteiger partial charge in [-0.2, -0.15) is 5.10 Å². The number of hydrogen-bond donors (Lipinski definition) is 1. The van der Waals surface area contributed by atoms with Gasteiger partial charge in [0.25, 0.3) is 5.91 Å². The zero-order valence-electron chi connectivity index (χ0n) is 15.9. The molecule has 0 fully saturated rings. The number of nitrogens with zero attached hydrogens (tertiary/aromatic N) is 3. The second kappa shape index (κ2) is 7.86. The Balaban J connectivity index is 1.46. The van der Waals surface area contributed by atoms with E-state index in [1.807, 2.05) is 61.1 Å². The molecule has 0 atom stereocenters. The molecule has 4 rings (SSSR count). The predicted molar refractivity (Wildman–Crippen MR) is 113 cm³/mol. The van der Waals surface area contributed by atoms with E-state index in [0.717, 1.165) is 34.7 Å². The van der Waals surface area contributed by atoms with E-state index < -0.39 is 0 Å². The summed E-state index contributed by atoms with van der Waals surface area (Å²) >= 11 is 1.73. The maximum absolute atomic E-state index is 12.8. The molecular formula is C22H22N4OS. The first-order valence-electron chi connectivity index (χ1n) is 9.17. The lowest BCUT2D eigenvalue weighted by Gasteiger charge is -2.09. The van der Waals surface area contributed by atoms with Gasteiger partial charge in [0.15, 0.2) is 0 Å². The van der Waals surface area contributed by atoms with Crippen molar-refractivity contribution in [3.63, 3.8) is 0 Å². The molecule has 0 aliphatic rings. The second-order valence-corrected chi connectivity index (χ2v) is 7.84. The summed E-state index contributed by atoms with van der Waals surface area (Å²) < 4.78 is 4.06. The Morgan fingerprint density at radius 2 is 1.93 bits per heavy atom. The van der Waals surface area contributed by atoms with Crippen molar-refractivity contribution in [2.24, 2.45) is 0 Å². The average molecular weight is 391 g/mol. The SMILES string of the molecule is Cc1cc(C(=O)Nc2ccc(Cn3cccn3)cc2)c(C)n1Cc1cccs1. The number of aryl methyl sites for hydroxylation is 1. The molecule has 0 aliphatic carbocycles. The monoisotopic (exact) mass is 390 g/mol. The van der Waals surface area contributed by atoms with Crippen molar-refractivity contribution in [3.8, 4) is 0 Å². The maximum Gasteiger partial charge on any atom is 0.257 e. The van der Waals surface area contributed by atoms with Crippen molar-refractivity contribution < 1.29 is 4.79 Å². The number of nitrogens with one attached hydrogen (secondary N) is 1. The van der Waals surface area contributed by atoms with Crippen LogP contribution in [0, 0.1) is 13.8 Å². The number of carbonyl (C=O) groups is 1. The van der Waals surface area contributed by atoms with Crippen LogP contribution >= 0.6 is 11.3 Å². The predicted octanol–water partition coefficient (Wildman–Crippen LogP) is 4.71. The molecule has 0 saturated heterocycles. The summed E-state index contributed by atoms with van der Waals surface area (Å²) in [7, 11) is 0. The fourth-order valence-electron chi connectivity index (χ4n) is 3.31. The molecule has 0 radical (unpaired) electrons. The highest BCUT2D eigenvalue weighted by atomic mass is 32.1. The third-order valence-electron chi connectivity index (χ3n) is 4.83. The van der Waals surface area contributed by atoms with Crippen molar-refractivity contribution in [2.75, 3.05) is 5.32 Å². The third kappa shape index (κ3) is 3.92. The van der Waals surface area contributed by atoms with Gasteiger partial charge < -0.3 is 9.88 Å². The quantitative estimate of drug-likeness (QED) is 0.518. The molecule has 0 bridgehead atoms. The molecule has 1 amide bonds. The topological polar surface area (TPSA) is 51.9 Å². The second-order valence-electron chi connectivity index (χ2n) is 6.81. The highest BCUT2D eigenvalue weighted by molar-refractivity contribution is 7.09. The number of benzene rings is 1. The highest BCUT2D eigenvalue weighted by Gasteiger charge is 2.16. The smallest absolute Gasteiger partial charge is 0.257 e. The lowest BCUT2D eigenvalue weighted by atomic mass is 10.2. The van der Waals surface area contributed by atoms with Gasteiger partial charge in [0.1, 0.15) is 0 Å². The van der Waals surface area contributed by atoms with Gasteiger partial charge in [-0.05, 0) is 55.1 Å². The van der Waals surface area contributed by atoms with E-state index in [1.54, 1.807) is 17.5 Å². The molecule has 0 unspecified atom stereocenters. The number of hydrogen-bond acceptors (Lipinski definition) is 3. The molecule has 0 spiro atoms. The summed E-state index contributed by atoms with van der Waals surface area (Å²) in [5, 5.41) is 9.30. The number of thiophene rings is 1. The van der Waals surface area contributed by atoms with E-state index in [4.69, 9.17) is 0 Å². The van der Waals surface area contributed by atoms with Crippen LogP contribution < -0.4 is 5.32 Å². The van der Waals surface area contributed by atoms with Gasteiger partial charge in [0, 0.05) is 34.3 Å². The van der Waals surface area contributed by atoms with Crippen LogP contribution in [0.4, 0.5) is 5.69 Å². The van der Waals surface area contributed by atoms with Crippen LogP contribution in [0.3, 0.4) is 0 Å². The number of amides is 1. The van der Waals surface area contributed by atoms with Crippen LogP contribution in [-0.4, -0.2) is 20.3 Å². The van der Waals surface area contributed by atoms with E-state index in [9.17, 15) is 4.79 Å². The van der Waals surface area contributed by atoms with Crippen molar-refractivity contribution in [1.29, 1.82) is 0 Å². The minimum absolute atomic E-state index is 0.0784. The van der Waals surface area contributed by atoms with E-state index in [1.165, 1.54) is 4.88 Å². The first kappa shape index (κ1) is 18.3. The summed E-state index contributed by atoms with van der Waals surface area (Å²) in [5.74, 6) is -0.0784. The summed E-state index contributed by atoms with van der Waals surface area (Å²) in [4.78, 5) is 14.1. The van der Waals surface area contributed by atoms with Crippen molar-refractivity contribution >= 4 is 22.9 Å². The fourth-order valence-corrected chi connectivity index (χ4v) is 4.00. The first-order valence-corrected chi connectivity index (χ1v) is 10.0. The average Bonchev–Trinajstić information content (AvgIpc) is 3.43. The van der Waals surface area contributed by atoms with Gasteiger partial charge in [-0.1, -0.05) is 18.2 Å². The maximum atomic E-state index is 12.8. The van der Waals surface area contributed by atoms with Crippen LogP contribution in [0.25, 0.3) is 0 Å². The van der Waals surface area contributed by atoms with E-state index in [0.29, 0.717) is 6.54 Å². The normalized spacial score (nSPS) is 10.9. The van der Waals surface area contributed by atoms with Crippen LogP contribution in [0.5, 0.6) is 0 Å². The van der Waals surface area contributed by atoms with Gasteiger partial charge in [-0.3, -0.25) is 9.48 Å². The Bertz CT molecular complexity index is 1060. The summed E-state index contributed by atoms with van der Waals surface area (Å²) in [6, 6.07) is 15.9. The molecule has 5 nitrogen and oxygen atoms in total. The molecule has 0 saturated carbocycles. The number of carbonyl (C=O) groups excluding carboxylic acids is 1. The van der Waals surface area contributed by atoms with Gasteiger partial charge in [0.05, 0.1) is 18.7 Å². The lowest BCUT2D eigenvalue weighted by Crippen LogP contribution is -2.13. The molecule has 3 heterocycles. The largest absolute Gasteiger partial charge is 0.343 e. The number of anilines is 1. The molecule has 4 aromatic rings. The van der Waals surface area contributed by atoms with Gasteiger partial charge in [-0.25, -0.2) is 0 Å². The fraction of sp³-hybridized carbons (Fsp3) is 0.182. The van der Waals surface area contributed by atoms with Gasteiger partial charge in [-0.15, -0.1) is 11.3 Å². The van der Waals surface area contributed by atoms with E-state index in [-0.39, 0.29) is 5.91 Å². The highest BCUT2D eigenvalue weighted by Crippen LogP contribution is 2.21. The number of rotatable bonds is 6. The molecule has 1 N–H and O–H groups in total. The summed E-state index contributed by atoms with van der Waals surface area (Å²) in [6.45, 7) is 5.56. The van der Waals surface area contributed by atoms with Crippen molar-refractivity contribution in [1.82, 2.24) is 14.3 Å². The molecular weight excluding hydrogens is 368 g/mol. The Kier molecular flexibility index (Phi) is 5.12. The van der Waals surface area contributed by atoms with E-state index >= 15 is 0 Å². The van der Waals surface area contributed by atoms with E-state index in [2.05, 4.69) is 32.5 Å². The first-order chi connectivity index (χ1) is 13.6. The lowest BCUT2D eigenvalue weighted by molar-refractivity contribution is 0.102. The van der Waals surface area contributed by atoms with Gasteiger partial charge >= 0.3 is 0 Å². The standard InChI is InChI=1S/C22H22N4OS/c1-16-13-21(17(2)26(16)15-20-5-3-12-28-20)22(27)24-19-8-6-18(7-9-19)14-25-11-4-10-23-25/h3-13H,14-15H2,1-2H3,(H,24,27). The third-order valence-corrected chi connectivity index (χ3v) is 5.69. The molecule has 6 heteroatoms. The van der Waals surface area contributed by atoms with Crippen LogP contribution in [-0.2, 0) is 13.1 Å². The molecule has 0 aliphatic heterocycles. The summed E-state index contributed by atoms with van der Waals surface area (Å²) in [6.07, 6.45) is 3.70. The molecule has 28 heavy (non-hydrogen) atoms. The minimum Gasteiger partial charge on any atom is -0.343 e. The zero-order valence-corrected chi connectivity index (χ0v) is 16.7. The molecule has 1 aromatic carbocycles. The summed E-state index contributed by atoms with van der Waals surface area (Å²) in [5.41, 5.74) is 4.71. The van der Waals surface area contributed by atoms with Crippen molar-refractivity contribution in [2.45, 2.75) is 26.9 Å². The minimum atomic E-state index is -0.0784. The van der Waals surface area contributed by atoms with Crippen LogP contribution in [0.15, 0.2) is 66.3 Å². The zero-order chi connectivity index (χ0) is 19.5. The van der Waals surface area contributed by atoms with Crippen LogP contribution in [0.2, 0.25) is 0 Å². The van der Waals surface area contributed by atoms with Crippen molar-refractivity contribution in [3.05, 3.63) is 93.7 Å². The Morgan fingerprint density at radius 1 is 1.11 bits per heavy atom. The Morgan fingerprint density at radius 3 is 2.61 bits per heavy atom. The Hall–Kier alpha value is -3.12. The number of aromatic nitrogens is 3. The molecule has 142 valence electrons. The van der Waals surface area contributed by atoms with Crippen LogP contribution in [0.1, 0.15) is 32.2 Å². The van der Waals surface area contributed by atoms with Gasteiger partial charge in [0.2, 0.25) is 0 Å². The molecule has 3 aromatic heterocycles. The Labute approximate surface area is 168 Å².